The zero-order valence-electron chi connectivity index (χ0n) is 9.09. The van der Waals surface area contributed by atoms with Crippen LogP contribution >= 0.6 is 0 Å². The van der Waals surface area contributed by atoms with E-state index < -0.39 is 0 Å². The lowest BCUT2D eigenvalue weighted by Crippen LogP contribution is -2.04. The highest BCUT2D eigenvalue weighted by Crippen LogP contribution is 2.13. The molecule has 82 valence electrons. The maximum atomic E-state index is 5.64. The maximum Gasteiger partial charge on any atom is 0.223 e. The van der Waals surface area contributed by atoms with Crippen molar-refractivity contribution in [3.63, 3.8) is 0 Å². The van der Waals surface area contributed by atoms with E-state index in [1.165, 1.54) is 0 Å². The molecule has 0 bridgehead atoms. The van der Waals surface area contributed by atoms with Crippen molar-refractivity contribution in [1.29, 1.82) is 0 Å². The van der Waals surface area contributed by atoms with Crippen LogP contribution in [0.3, 0.4) is 0 Å². The molecule has 0 saturated heterocycles. The molecule has 0 atom stereocenters. The average Bonchev–Trinajstić information content (AvgIpc) is 2.30. The van der Waals surface area contributed by atoms with Crippen LogP contribution in [0.5, 0.6) is 0 Å². The quantitative estimate of drug-likeness (QED) is 0.838. The molecule has 0 spiro atoms. The molecule has 2 rings (SSSR count). The molecule has 5 heteroatoms. The van der Waals surface area contributed by atoms with Crippen LogP contribution in [0.25, 0.3) is 11.4 Å². The van der Waals surface area contributed by atoms with Crippen molar-refractivity contribution in [2.75, 3.05) is 5.73 Å². The van der Waals surface area contributed by atoms with Crippen molar-refractivity contribution >= 4 is 5.95 Å². The fourth-order valence-corrected chi connectivity index (χ4v) is 1.40. The van der Waals surface area contributed by atoms with E-state index in [2.05, 4.69) is 26.9 Å². The Morgan fingerprint density at radius 2 is 2.12 bits per heavy atom. The van der Waals surface area contributed by atoms with Crippen LogP contribution in [-0.2, 0) is 6.42 Å². The zero-order valence-corrected chi connectivity index (χ0v) is 9.09. The molecule has 0 saturated carbocycles. The van der Waals surface area contributed by atoms with E-state index in [9.17, 15) is 0 Å². The van der Waals surface area contributed by atoms with Crippen LogP contribution < -0.4 is 5.73 Å². The number of hydrogen-bond donors (Lipinski definition) is 1. The summed E-state index contributed by atoms with van der Waals surface area (Å²) in [6.45, 7) is 2.07. The Hall–Kier alpha value is -2.04. The van der Waals surface area contributed by atoms with E-state index in [4.69, 9.17) is 5.73 Å². The molecule has 0 aliphatic rings. The first-order valence-corrected chi connectivity index (χ1v) is 5.20. The molecule has 0 aliphatic carbocycles. The largest absolute Gasteiger partial charge is 0.368 e. The zero-order chi connectivity index (χ0) is 11.4. The number of anilines is 1. The third-order valence-corrected chi connectivity index (χ3v) is 2.09. The number of nitrogen functional groups attached to an aromatic ring is 1. The molecule has 2 heterocycles. The average molecular weight is 215 g/mol. The number of nitrogens with zero attached hydrogens (tertiary/aromatic N) is 4. The van der Waals surface area contributed by atoms with Gasteiger partial charge in [-0.05, 0) is 18.6 Å². The monoisotopic (exact) mass is 215 g/mol. The van der Waals surface area contributed by atoms with Gasteiger partial charge in [0, 0.05) is 24.4 Å². The molecule has 16 heavy (non-hydrogen) atoms. The van der Waals surface area contributed by atoms with E-state index >= 15 is 0 Å². The van der Waals surface area contributed by atoms with Crippen molar-refractivity contribution in [2.45, 2.75) is 19.8 Å². The number of hydrogen-bond acceptors (Lipinski definition) is 5. The number of aromatic nitrogens is 4. The van der Waals surface area contributed by atoms with Gasteiger partial charge in [-0.1, -0.05) is 6.92 Å². The Bertz CT molecular complexity index is 469. The predicted octanol–water partition coefficient (Wildman–Crippen LogP) is 1.47. The molecular weight excluding hydrogens is 202 g/mol. The van der Waals surface area contributed by atoms with Gasteiger partial charge in [-0.2, -0.15) is 9.97 Å². The lowest BCUT2D eigenvalue weighted by Gasteiger charge is -2.03. The summed E-state index contributed by atoms with van der Waals surface area (Å²) < 4.78 is 0. The molecule has 0 radical (unpaired) electrons. The minimum atomic E-state index is 0.261. The van der Waals surface area contributed by atoms with Gasteiger partial charge in [-0.15, -0.1) is 0 Å². The minimum Gasteiger partial charge on any atom is -0.368 e. The molecule has 0 amide bonds. The van der Waals surface area contributed by atoms with E-state index in [0.717, 1.165) is 24.2 Å². The van der Waals surface area contributed by atoms with Gasteiger partial charge in [0.25, 0.3) is 0 Å². The van der Waals surface area contributed by atoms with Gasteiger partial charge in [0.15, 0.2) is 5.82 Å². The Labute approximate surface area is 93.8 Å². The highest BCUT2D eigenvalue weighted by molar-refractivity contribution is 5.53. The Morgan fingerprint density at radius 1 is 1.25 bits per heavy atom. The number of rotatable bonds is 3. The number of pyridine rings is 1. The van der Waals surface area contributed by atoms with Crippen LogP contribution in [-0.4, -0.2) is 19.9 Å². The van der Waals surface area contributed by atoms with E-state index in [0.29, 0.717) is 5.82 Å². The van der Waals surface area contributed by atoms with Gasteiger partial charge < -0.3 is 5.73 Å². The van der Waals surface area contributed by atoms with Crippen molar-refractivity contribution in [3.05, 3.63) is 30.4 Å². The normalized spacial score (nSPS) is 10.3. The van der Waals surface area contributed by atoms with Crippen molar-refractivity contribution in [2.24, 2.45) is 0 Å². The highest BCUT2D eigenvalue weighted by atomic mass is 15.1. The summed E-state index contributed by atoms with van der Waals surface area (Å²) in [4.78, 5) is 16.6. The standard InChI is InChI=1S/C11H13N5/c1-2-4-9-14-10(16-11(12)15-9)8-5-3-6-13-7-8/h3,5-7H,2,4H2,1H3,(H2,12,14,15,16). The molecule has 2 aromatic heterocycles. The lowest BCUT2D eigenvalue weighted by molar-refractivity contribution is 0.824. The first-order chi connectivity index (χ1) is 7.79. The molecule has 2 N–H and O–H groups in total. The third kappa shape index (κ3) is 2.31. The van der Waals surface area contributed by atoms with Gasteiger partial charge in [-0.25, -0.2) is 4.98 Å². The second kappa shape index (κ2) is 4.65. The predicted molar refractivity (Wildman–Crippen MR) is 61.5 cm³/mol. The first kappa shape index (κ1) is 10.5. The molecule has 0 unspecified atom stereocenters. The third-order valence-electron chi connectivity index (χ3n) is 2.09. The van der Waals surface area contributed by atoms with Crippen molar-refractivity contribution in [1.82, 2.24) is 19.9 Å². The summed E-state index contributed by atoms with van der Waals surface area (Å²) in [5, 5.41) is 0. The Morgan fingerprint density at radius 3 is 2.81 bits per heavy atom. The highest BCUT2D eigenvalue weighted by Gasteiger charge is 2.05. The van der Waals surface area contributed by atoms with Crippen LogP contribution in [0.1, 0.15) is 19.2 Å². The maximum absolute atomic E-state index is 5.64. The van der Waals surface area contributed by atoms with E-state index in [1.807, 2.05) is 12.1 Å². The fraction of sp³-hybridized carbons (Fsp3) is 0.273. The summed E-state index contributed by atoms with van der Waals surface area (Å²) in [7, 11) is 0. The summed E-state index contributed by atoms with van der Waals surface area (Å²) in [5.74, 6) is 1.58. The van der Waals surface area contributed by atoms with Gasteiger partial charge in [-0.3, -0.25) is 4.98 Å². The Kier molecular flexibility index (Phi) is 3.05. The lowest BCUT2D eigenvalue weighted by atomic mass is 10.2. The van der Waals surface area contributed by atoms with E-state index in [-0.39, 0.29) is 5.95 Å². The van der Waals surface area contributed by atoms with Gasteiger partial charge in [0.2, 0.25) is 5.95 Å². The summed E-state index contributed by atoms with van der Waals surface area (Å²) in [6, 6.07) is 3.74. The van der Waals surface area contributed by atoms with E-state index in [1.54, 1.807) is 12.4 Å². The second-order valence-electron chi connectivity index (χ2n) is 3.43. The number of nitrogens with two attached hydrogens (primary N) is 1. The van der Waals surface area contributed by atoms with Crippen LogP contribution in [0.4, 0.5) is 5.95 Å². The first-order valence-electron chi connectivity index (χ1n) is 5.20. The molecule has 2 aromatic rings. The van der Waals surface area contributed by atoms with Crippen LogP contribution in [0.15, 0.2) is 24.5 Å². The van der Waals surface area contributed by atoms with Crippen molar-refractivity contribution in [3.8, 4) is 11.4 Å². The van der Waals surface area contributed by atoms with Crippen LogP contribution in [0.2, 0.25) is 0 Å². The molecular formula is C11H13N5. The molecule has 5 nitrogen and oxygen atoms in total. The van der Waals surface area contributed by atoms with Gasteiger partial charge in [0.05, 0.1) is 0 Å². The van der Waals surface area contributed by atoms with Gasteiger partial charge in [0.1, 0.15) is 5.82 Å². The molecule has 0 aliphatic heterocycles. The van der Waals surface area contributed by atoms with Crippen LogP contribution in [0, 0.1) is 0 Å². The molecule has 0 fully saturated rings. The number of aryl methyl sites for hydroxylation is 1. The van der Waals surface area contributed by atoms with Gasteiger partial charge >= 0.3 is 0 Å². The summed E-state index contributed by atoms with van der Waals surface area (Å²) in [5.41, 5.74) is 6.50. The Balaban J connectivity index is 2.41. The summed E-state index contributed by atoms with van der Waals surface area (Å²) in [6.07, 6.45) is 5.21. The SMILES string of the molecule is CCCc1nc(N)nc(-c2cccnc2)n1. The molecule has 0 aromatic carbocycles. The fourth-order valence-electron chi connectivity index (χ4n) is 1.40. The summed E-state index contributed by atoms with van der Waals surface area (Å²) >= 11 is 0. The minimum absolute atomic E-state index is 0.261. The van der Waals surface area contributed by atoms with Crippen molar-refractivity contribution < 1.29 is 0 Å². The topological polar surface area (TPSA) is 77.6 Å². The smallest absolute Gasteiger partial charge is 0.223 e. The second-order valence-corrected chi connectivity index (χ2v) is 3.43.